The Bertz CT molecular complexity index is 619. The van der Waals surface area contributed by atoms with Crippen LogP contribution in [-0.2, 0) is 6.42 Å². The number of benzene rings is 2. The molecule has 1 aliphatic rings. The quantitative estimate of drug-likeness (QED) is 0.815. The van der Waals surface area contributed by atoms with Gasteiger partial charge in [-0.05, 0) is 73.2 Å². The summed E-state index contributed by atoms with van der Waals surface area (Å²) in [4.78, 5) is 0. The predicted octanol–water partition coefficient (Wildman–Crippen LogP) is 4.95. The average Bonchev–Trinajstić information content (AvgIpc) is 2.38. The van der Waals surface area contributed by atoms with Gasteiger partial charge in [0.25, 0.3) is 0 Å². The number of phenolic OH excluding ortho intramolecular Hbond substituents is 1. The first kappa shape index (κ1) is 13.5. The highest BCUT2D eigenvalue weighted by Crippen LogP contribution is 2.35. The number of anilines is 1. The molecule has 0 saturated heterocycles. The topological polar surface area (TPSA) is 32.3 Å². The first-order chi connectivity index (χ1) is 9.61. The summed E-state index contributed by atoms with van der Waals surface area (Å²) in [7, 11) is 0. The van der Waals surface area contributed by atoms with Crippen LogP contribution in [0.4, 0.5) is 5.69 Å². The van der Waals surface area contributed by atoms with E-state index in [9.17, 15) is 5.11 Å². The van der Waals surface area contributed by atoms with Crippen LogP contribution in [0.2, 0.25) is 0 Å². The Morgan fingerprint density at radius 3 is 2.85 bits per heavy atom. The van der Waals surface area contributed by atoms with E-state index in [2.05, 4.69) is 46.4 Å². The van der Waals surface area contributed by atoms with Crippen LogP contribution < -0.4 is 5.32 Å². The second-order valence-electron chi connectivity index (χ2n) is 5.49. The van der Waals surface area contributed by atoms with E-state index in [0.29, 0.717) is 5.75 Å². The van der Waals surface area contributed by atoms with Gasteiger partial charge in [0.2, 0.25) is 0 Å². The monoisotopic (exact) mass is 331 g/mol. The fourth-order valence-electron chi connectivity index (χ4n) is 2.96. The highest BCUT2D eigenvalue weighted by atomic mass is 79.9. The number of phenols is 1. The first-order valence-corrected chi connectivity index (χ1v) is 7.76. The zero-order chi connectivity index (χ0) is 14.1. The Labute approximate surface area is 128 Å². The summed E-state index contributed by atoms with van der Waals surface area (Å²) in [6.45, 7) is 2.09. The normalized spacial score (nSPS) is 17.6. The molecule has 3 heteroatoms. The minimum absolute atomic E-state index is 0.277. The Kier molecular flexibility index (Phi) is 3.70. The predicted molar refractivity (Wildman–Crippen MR) is 86.3 cm³/mol. The number of fused-ring (bicyclic) bond motifs is 1. The van der Waals surface area contributed by atoms with Gasteiger partial charge in [-0.3, -0.25) is 0 Å². The lowest BCUT2D eigenvalue weighted by Crippen LogP contribution is -2.17. The van der Waals surface area contributed by atoms with Gasteiger partial charge >= 0.3 is 0 Å². The van der Waals surface area contributed by atoms with E-state index in [0.717, 1.165) is 23.0 Å². The second-order valence-corrected chi connectivity index (χ2v) is 6.41. The zero-order valence-corrected chi connectivity index (χ0v) is 13.1. The van der Waals surface area contributed by atoms with Gasteiger partial charge in [-0.1, -0.05) is 22.0 Å². The summed E-state index contributed by atoms with van der Waals surface area (Å²) in [6.07, 6.45) is 3.38. The van der Waals surface area contributed by atoms with Crippen molar-refractivity contribution in [1.29, 1.82) is 0 Å². The molecule has 0 bridgehead atoms. The smallest absolute Gasteiger partial charge is 0.115 e. The summed E-state index contributed by atoms with van der Waals surface area (Å²) in [5, 5.41) is 13.3. The molecule has 0 saturated carbocycles. The number of hydrogen-bond acceptors (Lipinski definition) is 2. The van der Waals surface area contributed by atoms with E-state index in [1.165, 1.54) is 23.1 Å². The van der Waals surface area contributed by atoms with Crippen molar-refractivity contribution in [3.63, 3.8) is 0 Å². The molecule has 0 spiro atoms. The first-order valence-electron chi connectivity index (χ1n) is 6.97. The SMILES string of the molecule is Cc1cc(Br)cc(NC2CCCc3ccc(O)cc32)c1. The highest BCUT2D eigenvalue weighted by Gasteiger charge is 2.20. The van der Waals surface area contributed by atoms with Crippen LogP contribution in [0.5, 0.6) is 5.75 Å². The van der Waals surface area contributed by atoms with Crippen molar-refractivity contribution in [1.82, 2.24) is 0 Å². The van der Waals surface area contributed by atoms with Gasteiger partial charge in [0.1, 0.15) is 5.75 Å². The molecule has 1 unspecified atom stereocenters. The van der Waals surface area contributed by atoms with E-state index in [1.54, 1.807) is 6.07 Å². The second kappa shape index (κ2) is 5.49. The number of aromatic hydroxyl groups is 1. The van der Waals surface area contributed by atoms with Gasteiger partial charge < -0.3 is 10.4 Å². The van der Waals surface area contributed by atoms with E-state index in [-0.39, 0.29) is 6.04 Å². The number of nitrogens with one attached hydrogen (secondary N) is 1. The minimum atomic E-state index is 0.277. The van der Waals surface area contributed by atoms with Gasteiger partial charge in [0.05, 0.1) is 6.04 Å². The van der Waals surface area contributed by atoms with Crippen molar-refractivity contribution in [3.05, 3.63) is 57.6 Å². The summed E-state index contributed by atoms with van der Waals surface area (Å²) >= 11 is 3.54. The molecule has 1 atom stereocenters. The third-order valence-electron chi connectivity index (χ3n) is 3.83. The van der Waals surface area contributed by atoms with Crippen LogP contribution in [0.3, 0.4) is 0 Å². The summed E-state index contributed by atoms with van der Waals surface area (Å²) < 4.78 is 1.09. The largest absolute Gasteiger partial charge is 0.508 e. The molecule has 2 aromatic rings. The van der Waals surface area contributed by atoms with E-state index >= 15 is 0 Å². The van der Waals surface area contributed by atoms with E-state index < -0.39 is 0 Å². The molecule has 0 heterocycles. The standard InChI is InChI=1S/C17H18BrNO/c1-11-7-13(18)9-14(8-11)19-17-4-2-3-12-5-6-15(20)10-16(12)17/h5-10,17,19-20H,2-4H2,1H3. The molecule has 0 amide bonds. The van der Waals surface area contributed by atoms with Crippen molar-refractivity contribution in [2.24, 2.45) is 0 Å². The minimum Gasteiger partial charge on any atom is -0.508 e. The zero-order valence-electron chi connectivity index (χ0n) is 11.5. The van der Waals surface area contributed by atoms with E-state index in [4.69, 9.17) is 0 Å². The Balaban J connectivity index is 1.91. The fourth-order valence-corrected chi connectivity index (χ4v) is 3.57. The number of hydrogen-bond donors (Lipinski definition) is 2. The molecule has 104 valence electrons. The van der Waals surface area contributed by atoms with Gasteiger partial charge in [0.15, 0.2) is 0 Å². The number of halogens is 1. The van der Waals surface area contributed by atoms with Crippen LogP contribution in [0.15, 0.2) is 40.9 Å². The summed E-state index contributed by atoms with van der Waals surface area (Å²) in [6, 6.07) is 12.4. The van der Waals surface area contributed by atoms with Crippen LogP contribution >= 0.6 is 15.9 Å². The van der Waals surface area contributed by atoms with E-state index in [1.807, 2.05) is 12.1 Å². The molecular formula is C17H18BrNO. The Morgan fingerprint density at radius 2 is 2.05 bits per heavy atom. The number of aryl methyl sites for hydroxylation is 2. The van der Waals surface area contributed by atoms with Crippen molar-refractivity contribution in [3.8, 4) is 5.75 Å². The molecule has 2 N–H and O–H groups in total. The Hall–Kier alpha value is -1.48. The maximum Gasteiger partial charge on any atom is 0.115 e. The molecule has 0 fully saturated rings. The van der Waals surface area contributed by atoms with Gasteiger partial charge in [0, 0.05) is 10.2 Å². The lowest BCUT2D eigenvalue weighted by molar-refractivity contribution is 0.471. The van der Waals surface area contributed by atoms with Crippen LogP contribution in [0, 0.1) is 6.92 Å². The molecule has 0 aliphatic heterocycles. The summed E-state index contributed by atoms with van der Waals surface area (Å²) in [5.74, 6) is 0.350. The molecule has 20 heavy (non-hydrogen) atoms. The molecule has 1 aliphatic carbocycles. The maximum absolute atomic E-state index is 9.73. The molecule has 3 rings (SSSR count). The van der Waals surface area contributed by atoms with Gasteiger partial charge in [-0.15, -0.1) is 0 Å². The van der Waals surface area contributed by atoms with Crippen LogP contribution in [0.1, 0.15) is 35.6 Å². The third kappa shape index (κ3) is 2.83. The Morgan fingerprint density at radius 1 is 1.20 bits per heavy atom. The lowest BCUT2D eigenvalue weighted by Gasteiger charge is -2.27. The van der Waals surface area contributed by atoms with Crippen molar-refractivity contribution >= 4 is 21.6 Å². The average molecular weight is 332 g/mol. The highest BCUT2D eigenvalue weighted by molar-refractivity contribution is 9.10. The van der Waals surface area contributed by atoms with Crippen LogP contribution in [-0.4, -0.2) is 5.11 Å². The van der Waals surface area contributed by atoms with Crippen molar-refractivity contribution in [2.75, 3.05) is 5.32 Å². The van der Waals surface area contributed by atoms with Crippen molar-refractivity contribution in [2.45, 2.75) is 32.2 Å². The third-order valence-corrected chi connectivity index (χ3v) is 4.28. The molecule has 2 aromatic carbocycles. The van der Waals surface area contributed by atoms with Crippen LogP contribution in [0.25, 0.3) is 0 Å². The maximum atomic E-state index is 9.73. The molecule has 2 nitrogen and oxygen atoms in total. The van der Waals surface area contributed by atoms with Crippen molar-refractivity contribution < 1.29 is 5.11 Å². The fraction of sp³-hybridized carbons (Fsp3) is 0.294. The molecule has 0 aromatic heterocycles. The van der Waals surface area contributed by atoms with Gasteiger partial charge in [-0.25, -0.2) is 0 Å². The molecular weight excluding hydrogens is 314 g/mol. The molecule has 0 radical (unpaired) electrons. The number of rotatable bonds is 2. The van der Waals surface area contributed by atoms with Gasteiger partial charge in [-0.2, -0.15) is 0 Å². The lowest BCUT2D eigenvalue weighted by atomic mass is 9.87. The summed E-state index contributed by atoms with van der Waals surface area (Å²) in [5.41, 5.74) is 4.93.